The lowest BCUT2D eigenvalue weighted by Crippen LogP contribution is -2.36. The zero-order valence-electron chi connectivity index (χ0n) is 17.5. The fraction of sp³-hybridized carbons (Fsp3) is 0.273. The van der Waals surface area contributed by atoms with Crippen LogP contribution in [0.5, 0.6) is 11.5 Å². The van der Waals surface area contributed by atoms with Crippen LogP contribution >= 0.6 is 24.0 Å². The van der Waals surface area contributed by atoms with Gasteiger partial charge in [-0.2, -0.15) is 5.10 Å². The first-order valence-electron chi connectivity index (χ1n) is 9.55. The molecule has 0 spiro atoms. The molecule has 0 saturated carbocycles. The van der Waals surface area contributed by atoms with Crippen LogP contribution in [0.4, 0.5) is 0 Å². The maximum atomic E-state index is 5.37. The summed E-state index contributed by atoms with van der Waals surface area (Å²) < 4.78 is 12.5. The van der Waals surface area contributed by atoms with Crippen molar-refractivity contribution in [1.82, 2.24) is 20.4 Å². The number of hydrogen-bond donors (Lipinski definition) is 2. The fourth-order valence-corrected chi connectivity index (χ4v) is 2.85. The van der Waals surface area contributed by atoms with Gasteiger partial charge in [0.05, 0.1) is 32.6 Å². The number of aromatic nitrogens is 2. The molecule has 2 N–H and O–H groups in total. The minimum absolute atomic E-state index is 0. The largest absolute Gasteiger partial charge is 0.493 e. The highest BCUT2D eigenvalue weighted by Gasteiger charge is 2.06. The normalized spacial score (nSPS) is 10.8. The highest BCUT2D eigenvalue weighted by atomic mass is 127. The second kappa shape index (κ2) is 12.1. The number of nitrogens with one attached hydrogen (secondary N) is 2. The lowest BCUT2D eigenvalue weighted by molar-refractivity contribution is 0.354. The third kappa shape index (κ3) is 6.38. The predicted molar refractivity (Wildman–Crippen MR) is 130 cm³/mol. The van der Waals surface area contributed by atoms with Crippen molar-refractivity contribution in [3.8, 4) is 17.2 Å². The highest BCUT2D eigenvalue weighted by molar-refractivity contribution is 14.0. The molecule has 0 amide bonds. The standard InChI is InChI=1S/C22H27N5O2.HI/c1-4-23-22(24-13-17-10-11-20(28-2)21(12-17)29-3)25-14-18-15-26-27(16-18)19-8-6-5-7-9-19;/h5-12,15-16H,4,13-14H2,1-3H3,(H2,23,24,25);1H. The van der Waals surface area contributed by atoms with Crippen LogP contribution in [0.2, 0.25) is 0 Å². The first-order valence-corrected chi connectivity index (χ1v) is 9.55. The van der Waals surface area contributed by atoms with Crippen LogP contribution in [0.15, 0.2) is 65.9 Å². The van der Waals surface area contributed by atoms with E-state index in [0.29, 0.717) is 24.6 Å². The Kier molecular flexibility index (Phi) is 9.46. The first-order chi connectivity index (χ1) is 14.2. The van der Waals surface area contributed by atoms with Gasteiger partial charge in [-0.1, -0.05) is 24.3 Å². The molecule has 160 valence electrons. The summed E-state index contributed by atoms with van der Waals surface area (Å²) >= 11 is 0. The van der Waals surface area contributed by atoms with Gasteiger partial charge in [-0.3, -0.25) is 0 Å². The van der Waals surface area contributed by atoms with Crippen molar-refractivity contribution in [1.29, 1.82) is 0 Å². The molecule has 0 radical (unpaired) electrons. The molecule has 2 aromatic carbocycles. The van der Waals surface area contributed by atoms with E-state index in [1.807, 2.05) is 72.5 Å². The summed E-state index contributed by atoms with van der Waals surface area (Å²) in [5.74, 6) is 2.17. The lowest BCUT2D eigenvalue weighted by Gasteiger charge is -2.13. The zero-order valence-corrected chi connectivity index (χ0v) is 19.8. The lowest BCUT2D eigenvalue weighted by atomic mass is 10.2. The second-order valence-corrected chi connectivity index (χ2v) is 6.37. The Hall–Kier alpha value is -2.75. The number of ether oxygens (including phenoxy) is 2. The summed E-state index contributed by atoms with van der Waals surface area (Å²) in [6.45, 7) is 3.98. The second-order valence-electron chi connectivity index (χ2n) is 6.37. The number of aliphatic imine (C=N–C) groups is 1. The molecule has 0 aliphatic rings. The summed E-state index contributed by atoms with van der Waals surface area (Å²) in [5, 5.41) is 11.0. The molecule has 30 heavy (non-hydrogen) atoms. The van der Waals surface area contributed by atoms with E-state index in [0.717, 1.165) is 29.3 Å². The van der Waals surface area contributed by atoms with Crippen LogP contribution in [0.25, 0.3) is 5.69 Å². The van der Waals surface area contributed by atoms with Gasteiger partial charge < -0.3 is 20.1 Å². The maximum Gasteiger partial charge on any atom is 0.191 e. The first kappa shape index (κ1) is 23.5. The van der Waals surface area contributed by atoms with Crippen molar-refractivity contribution in [3.63, 3.8) is 0 Å². The number of para-hydroxylation sites is 1. The van der Waals surface area contributed by atoms with Gasteiger partial charge in [0, 0.05) is 24.8 Å². The Bertz CT molecular complexity index is 944. The van der Waals surface area contributed by atoms with E-state index in [1.54, 1.807) is 14.2 Å². The van der Waals surface area contributed by atoms with Crippen LogP contribution in [-0.2, 0) is 13.1 Å². The number of guanidine groups is 1. The van der Waals surface area contributed by atoms with Crippen LogP contribution in [0.1, 0.15) is 18.1 Å². The SMILES string of the molecule is CCNC(=NCc1cnn(-c2ccccc2)c1)NCc1ccc(OC)c(OC)c1.I. The maximum absolute atomic E-state index is 5.37. The van der Waals surface area contributed by atoms with Crippen molar-refractivity contribution in [2.24, 2.45) is 4.99 Å². The molecule has 8 heteroatoms. The van der Waals surface area contributed by atoms with Crippen molar-refractivity contribution in [2.75, 3.05) is 20.8 Å². The van der Waals surface area contributed by atoms with E-state index in [9.17, 15) is 0 Å². The highest BCUT2D eigenvalue weighted by Crippen LogP contribution is 2.27. The molecule has 0 unspecified atom stereocenters. The average Bonchev–Trinajstić information content (AvgIpc) is 3.25. The topological polar surface area (TPSA) is 72.7 Å². The summed E-state index contributed by atoms with van der Waals surface area (Å²) in [7, 11) is 3.27. The summed E-state index contributed by atoms with van der Waals surface area (Å²) in [4.78, 5) is 4.67. The van der Waals surface area contributed by atoms with E-state index < -0.39 is 0 Å². The van der Waals surface area contributed by atoms with E-state index in [-0.39, 0.29) is 24.0 Å². The molecule has 3 aromatic rings. The van der Waals surface area contributed by atoms with Gasteiger partial charge in [0.15, 0.2) is 17.5 Å². The van der Waals surface area contributed by atoms with Gasteiger partial charge >= 0.3 is 0 Å². The molecule has 1 aromatic heterocycles. The van der Waals surface area contributed by atoms with Crippen molar-refractivity contribution < 1.29 is 9.47 Å². The number of rotatable bonds is 8. The molecule has 0 saturated heterocycles. The molecule has 0 aliphatic heterocycles. The minimum Gasteiger partial charge on any atom is -0.493 e. The van der Waals surface area contributed by atoms with Crippen LogP contribution in [0.3, 0.4) is 0 Å². The van der Waals surface area contributed by atoms with Crippen LogP contribution in [0, 0.1) is 0 Å². The van der Waals surface area contributed by atoms with E-state index >= 15 is 0 Å². The summed E-state index contributed by atoms with van der Waals surface area (Å²) in [5.41, 5.74) is 3.14. The number of methoxy groups -OCH3 is 2. The molecule has 7 nitrogen and oxygen atoms in total. The Labute approximate surface area is 194 Å². The van der Waals surface area contributed by atoms with Gasteiger partial charge in [-0.25, -0.2) is 9.67 Å². The van der Waals surface area contributed by atoms with E-state index in [1.165, 1.54) is 0 Å². The Balaban J connectivity index is 0.00000320. The molecule has 0 bridgehead atoms. The summed E-state index contributed by atoms with van der Waals surface area (Å²) in [6.07, 6.45) is 3.84. The third-order valence-electron chi connectivity index (χ3n) is 4.33. The third-order valence-corrected chi connectivity index (χ3v) is 4.33. The number of halogens is 1. The van der Waals surface area contributed by atoms with Gasteiger partial charge in [-0.05, 0) is 36.8 Å². The molecular weight excluding hydrogens is 493 g/mol. The number of hydrogen-bond acceptors (Lipinski definition) is 4. The fourth-order valence-electron chi connectivity index (χ4n) is 2.85. The van der Waals surface area contributed by atoms with Gasteiger partial charge in [0.25, 0.3) is 0 Å². The minimum atomic E-state index is 0. The summed E-state index contributed by atoms with van der Waals surface area (Å²) in [6, 6.07) is 15.9. The van der Waals surface area contributed by atoms with Gasteiger partial charge in [-0.15, -0.1) is 24.0 Å². The number of nitrogens with zero attached hydrogens (tertiary/aromatic N) is 3. The Morgan fingerprint density at radius 2 is 1.77 bits per heavy atom. The predicted octanol–water partition coefficient (Wildman–Crippen LogP) is 3.76. The van der Waals surface area contributed by atoms with Crippen molar-refractivity contribution in [3.05, 3.63) is 72.1 Å². The average molecular weight is 521 g/mol. The molecule has 1 heterocycles. The van der Waals surface area contributed by atoms with Crippen LogP contribution < -0.4 is 20.1 Å². The Morgan fingerprint density at radius 3 is 2.47 bits per heavy atom. The van der Waals surface area contributed by atoms with E-state index in [4.69, 9.17) is 9.47 Å². The zero-order chi connectivity index (χ0) is 20.5. The van der Waals surface area contributed by atoms with Gasteiger partial charge in [0.1, 0.15) is 0 Å². The van der Waals surface area contributed by atoms with Crippen LogP contribution in [-0.4, -0.2) is 36.5 Å². The Morgan fingerprint density at radius 1 is 1.00 bits per heavy atom. The van der Waals surface area contributed by atoms with Gasteiger partial charge in [0.2, 0.25) is 0 Å². The smallest absolute Gasteiger partial charge is 0.191 e. The quantitative estimate of drug-likeness (QED) is 0.269. The molecular formula is C22H28IN5O2. The monoisotopic (exact) mass is 521 g/mol. The number of benzene rings is 2. The van der Waals surface area contributed by atoms with Crippen molar-refractivity contribution >= 4 is 29.9 Å². The van der Waals surface area contributed by atoms with E-state index in [2.05, 4.69) is 20.7 Å². The van der Waals surface area contributed by atoms with Crippen molar-refractivity contribution in [2.45, 2.75) is 20.0 Å². The molecule has 0 fully saturated rings. The molecule has 3 rings (SSSR count). The molecule has 0 atom stereocenters. The molecule has 0 aliphatic carbocycles.